The minimum Gasteiger partial charge on any atom is -0.300 e. The van der Waals surface area contributed by atoms with Crippen molar-refractivity contribution < 1.29 is 12.8 Å². The summed E-state index contributed by atoms with van der Waals surface area (Å²) in [7, 11) is -3.85. The maximum Gasteiger partial charge on any atom is 0.270 e. The van der Waals surface area contributed by atoms with E-state index in [4.69, 9.17) is 0 Å². The highest BCUT2D eigenvalue weighted by molar-refractivity contribution is 7.98. The van der Waals surface area contributed by atoms with E-state index in [1.807, 2.05) is 35.7 Å². The van der Waals surface area contributed by atoms with Gasteiger partial charge in [0.25, 0.3) is 15.6 Å². The first kappa shape index (κ1) is 25.9. The summed E-state index contributed by atoms with van der Waals surface area (Å²) in [6, 6.07) is 21.1. The van der Waals surface area contributed by atoms with Crippen LogP contribution in [-0.4, -0.2) is 18.4 Å². The van der Waals surface area contributed by atoms with Crippen molar-refractivity contribution in [3.05, 3.63) is 105 Å². The van der Waals surface area contributed by atoms with Gasteiger partial charge >= 0.3 is 0 Å². The van der Waals surface area contributed by atoms with Crippen molar-refractivity contribution in [1.29, 1.82) is 5.26 Å². The molecule has 3 heterocycles. The summed E-state index contributed by atoms with van der Waals surface area (Å²) in [5.41, 5.74) is 1.03. The first-order valence-corrected chi connectivity index (χ1v) is 15.2. The molecular formula is C26H17FN4O3S4. The number of hydrogen-bond acceptors (Lipinski definition) is 8. The number of aromatic nitrogens is 2. The van der Waals surface area contributed by atoms with E-state index in [1.165, 1.54) is 35.2 Å². The lowest BCUT2D eigenvalue weighted by Crippen LogP contribution is -2.14. The van der Waals surface area contributed by atoms with E-state index in [2.05, 4.69) is 14.7 Å². The van der Waals surface area contributed by atoms with Gasteiger partial charge in [-0.2, -0.15) is 5.26 Å². The molecular weight excluding hydrogens is 564 g/mol. The van der Waals surface area contributed by atoms with Gasteiger partial charge in [0.05, 0.1) is 9.77 Å². The summed E-state index contributed by atoms with van der Waals surface area (Å²) in [5, 5.41) is 11.9. The number of anilines is 1. The van der Waals surface area contributed by atoms with E-state index in [0.717, 1.165) is 32.3 Å². The van der Waals surface area contributed by atoms with E-state index in [-0.39, 0.29) is 10.5 Å². The Balaban J connectivity index is 1.31. The molecule has 0 bridgehead atoms. The Kier molecular flexibility index (Phi) is 7.44. The zero-order valence-corrected chi connectivity index (χ0v) is 22.6. The molecule has 0 unspecified atom stereocenters. The molecule has 2 aromatic carbocycles. The van der Waals surface area contributed by atoms with Gasteiger partial charge < -0.3 is 4.98 Å². The highest BCUT2D eigenvalue weighted by Crippen LogP contribution is 2.37. The molecule has 0 saturated heterocycles. The molecule has 0 saturated carbocycles. The minimum absolute atomic E-state index is 0.0354. The number of sulfonamides is 1. The number of aromatic amines is 1. The number of hydrogen-bond donors (Lipinski definition) is 2. The molecule has 0 aliphatic rings. The van der Waals surface area contributed by atoms with Gasteiger partial charge in [0.1, 0.15) is 23.1 Å². The molecule has 7 nitrogen and oxygen atoms in total. The molecule has 0 aliphatic carbocycles. The number of nitriles is 1. The van der Waals surface area contributed by atoms with Gasteiger partial charge in [0.2, 0.25) is 0 Å². The highest BCUT2D eigenvalue weighted by atomic mass is 32.2. The quantitative estimate of drug-likeness (QED) is 0.164. The van der Waals surface area contributed by atoms with Crippen LogP contribution in [0.2, 0.25) is 0 Å². The molecule has 38 heavy (non-hydrogen) atoms. The van der Waals surface area contributed by atoms with Gasteiger partial charge in [-0.3, -0.25) is 9.52 Å². The molecule has 0 aliphatic heterocycles. The normalized spacial score (nSPS) is 11.3. The third-order valence-electron chi connectivity index (χ3n) is 5.32. The zero-order chi connectivity index (χ0) is 26.7. The van der Waals surface area contributed by atoms with Crippen LogP contribution in [0, 0.1) is 17.1 Å². The van der Waals surface area contributed by atoms with E-state index in [1.54, 1.807) is 35.6 Å². The molecule has 0 amide bonds. The number of thiophene rings is 2. The summed E-state index contributed by atoms with van der Waals surface area (Å²) in [5.74, 6) is -0.0704. The number of nitrogens with zero attached hydrogens (tertiary/aromatic N) is 2. The molecule has 0 atom stereocenters. The van der Waals surface area contributed by atoms with Gasteiger partial charge in [0, 0.05) is 21.2 Å². The third-order valence-corrected chi connectivity index (χ3v) is 9.82. The Morgan fingerprint density at radius 3 is 2.42 bits per heavy atom. The Hall–Kier alpha value is -3.76. The third kappa shape index (κ3) is 5.71. The van der Waals surface area contributed by atoms with Gasteiger partial charge in [0.15, 0.2) is 5.16 Å². The van der Waals surface area contributed by atoms with Crippen LogP contribution < -0.4 is 10.3 Å². The molecule has 0 spiro atoms. The highest BCUT2D eigenvalue weighted by Gasteiger charge is 2.17. The lowest BCUT2D eigenvalue weighted by Gasteiger charge is -2.09. The second-order valence-electron chi connectivity index (χ2n) is 7.89. The molecule has 190 valence electrons. The monoisotopic (exact) mass is 580 g/mol. The van der Waals surface area contributed by atoms with E-state index >= 15 is 0 Å². The molecule has 2 N–H and O–H groups in total. The fourth-order valence-corrected chi connectivity index (χ4v) is 7.18. The van der Waals surface area contributed by atoms with E-state index < -0.39 is 21.4 Å². The number of rotatable bonds is 8. The molecule has 3 aromatic heterocycles. The smallest absolute Gasteiger partial charge is 0.270 e. The Labute approximate surface area is 229 Å². The maximum absolute atomic E-state index is 13.1. The average molecular weight is 581 g/mol. The van der Waals surface area contributed by atoms with Crippen molar-refractivity contribution in [3.8, 4) is 26.4 Å². The average Bonchev–Trinajstić information content (AvgIpc) is 3.61. The van der Waals surface area contributed by atoms with Crippen molar-refractivity contribution in [2.45, 2.75) is 15.8 Å². The standard InChI is InChI=1S/C26H17FN4O3S4/c27-17-5-9-19(10-6-17)38(33,34)31-18-7-3-16(4-8-18)15-36-26-29-24(20(14-28)25(32)30-26)23-12-11-22(37-23)21-2-1-13-35-21/h1-13,31H,15H2,(H,29,30,32). The Bertz CT molecular complexity index is 1790. The summed E-state index contributed by atoms with van der Waals surface area (Å²) in [4.78, 5) is 22.7. The van der Waals surface area contributed by atoms with Gasteiger partial charge in [-0.25, -0.2) is 17.8 Å². The van der Waals surface area contributed by atoms with Gasteiger partial charge in [-0.1, -0.05) is 30.0 Å². The number of H-pyrrole nitrogens is 1. The van der Waals surface area contributed by atoms with Crippen molar-refractivity contribution in [2.24, 2.45) is 0 Å². The first-order valence-electron chi connectivity index (χ1n) is 11.0. The fourth-order valence-electron chi connectivity index (χ4n) is 3.47. The summed E-state index contributed by atoms with van der Waals surface area (Å²) < 4.78 is 40.6. The maximum atomic E-state index is 13.1. The van der Waals surface area contributed by atoms with Crippen LogP contribution in [0.25, 0.3) is 20.3 Å². The van der Waals surface area contributed by atoms with Crippen LogP contribution in [-0.2, 0) is 15.8 Å². The lowest BCUT2D eigenvalue weighted by atomic mass is 10.2. The van der Waals surface area contributed by atoms with Crippen molar-refractivity contribution in [2.75, 3.05) is 4.72 Å². The van der Waals surface area contributed by atoms with Crippen molar-refractivity contribution >= 4 is 50.1 Å². The molecule has 5 rings (SSSR count). The SMILES string of the molecule is N#Cc1c(-c2ccc(-c3cccs3)s2)nc(SCc2ccc(NS(=O)(=O)c3ccc(F)cc3)cc2)[nH]c1=O. The van der Waals surface area contributed by atoms with Crippen LogP contribution in [0.15, 0.2) is 93.0 Å². The van der Waals surface area contributed by atoms with Crippen LogP contribution in [0.3, 0.4) is 0 Å². The second-order valence-corrected chi connectivity index (χ2v) is 12.6. The zero-order valence-electron chi connectivity index (χ0n) is 19.3. The molecule has 12 heteroatoms. The Morgan fingerprint density at radius 1 is 1.00 bits per heavy atom. The van der Waals surface area contributed by atoms with Crippen LogP contribution in [0.4, 0.5) is 10.1 Å². The molecule has 0 fully saturated rings. The molecule has 5 aromatic rings. The van der Waals surface area contributed by atoms with Crippen LogP contribution in [0.5, 0.6) is 0 Å². The van der Waals surface area contributed by atoms with E-state index in [9.17, 15) is 22.9 Å². The first-order chi connectivity index (χ1) is 18.3. The fraction of sp³-hybridized carbons (Fsp3) is 0.0385. The van der Waals surface area contributed by atoms with Crippen molar-refractivity contribution in [1.82, 2.24) is 9.97 Å². The number of benzene rings is 2. The summed E-state index contributed by atoms with van der Waals surface area (Å²) in [6.07, 6.45) is 0. The van der Waals surface area contributed by atoms with Crippen LogP contribution in [0.1, 0.15) is 11.1 Å². The molecule has 0 radical (unpaired) electrons. The van der Waals surface area contributed by atoms with Gasteiger partial charge in [-0.05, 0) is 65.5 Å². The predicted octanol–water partition coefficient (Wildman–Crippen LogP) is 6.33. The minimum atomic E-state index is -3.85. The predicted molar refractivity (Wildman–Crippen MR) is 149 cm³/mol. The summed E-state index contributed by atoms with van der Waals surface area (Å²) >= 11 is 4.38. The van der Waals surface area contributed by atoms with E-state index in [0.29, 0.717) is 22.3 Å². The Morgan fingerprint density at radius 2 is 1.74 bits per heavy atom. The largest absolute Gasteiger partial charge is 0.300 e. The lowest BCUT2D eigenvalue weighted by molar-refractivity contribution is 0.599. The number of thioether (sulfide) groups is 1. The number of halogens is 1. The van der Waals surface area contributed by atoms with Gasteiger partial charge in [-0.15, -0.1) is 22.7 Å². The second kappa shape index (κ2) is 10.9. The topological polar surface area (TPSA) is 116 Å². The van der Waals surface area contributed by atoms with Crippen LogP contribution >= 0.6 is 34.4 Å². The number of nitrogens with one attached hydrogen (secondary N) is 2. The van der Waals surface area contributed by atoms with Crippen molar-refractivity contribution in [3.63, 3.8) is 0 Å². The summed E-state index contributed by atoms with van der Waals surface area (Å²) in [6.45, 7) is 0.